The van der Waals surface area contributed by atoms with Gasteiger partial charge in [0.05, 0.1) is 25.6 Å². The van der Waals surface area contributed by atoms with E-state index < -0.39 is 85.3 Å². The van der Waals surface area contributed by atoms with E-state index in [1.807, 2.05) is 0 Å². The third-order valence-corrected chi connectivity index (χ3v) is 15.9. The number of nitrogens with two attached hydrogens (primary N) is 2. The van der Waals surface area contributed by atoms with E-state index in [4.69, 9.17) is 30.4 Å². The Morgan fingerprint density at radius 3 is 1.52 bits per heavy atom. The summed E-state index contributed by atoms with van der Waals surface area (Å²) in [4.78, 5) is 102. The van der Waals surface area contributed by atoms with Crippen LogP contribution in [0.15, 0.2) is 12.7 Å². The van der Waals surface area contributed by atoms with Crippen molar-refractivity contribution in [1.29, 1.82) is 0 Å². The summed E-state index contributed by atoms with van der Waals surface area (Å²) < 4.78 is 25.2. The number of Topliss-reactive ketones (excluding diaryl/α,β-unsaturated/α-hetero) is 1. The topological polar surface area (TPSA) is 402 Å². The molecule has 4 aromatic rings. The number of nitrogens with zero attached hydrogens (tertiary/aromatic N) is 10. The van der Waals surface area contributed by atoms with Crippen LogP contribution >= 0.6 is 0 Å². The van der Waals surface area contributed by atoms with Gasteiger partial charge in [0.1, 0.15) is 41.6 Å². The van der Waals surface area contributed by atoms with Crippen molar-refractivity contribution >= 4 is 69.7 Å². The smallest absolute Gasteiger partial charge is 0.410 e. The molecule has 4 unspecified atom stereocenters. The van der Waals surface area contributed by atoms with E-state index in [2.05, 4.69) is 69.5 Å². The molecule has 5 aliphatic heterocycles. The summed E-state index contributed by atoms with van der Waals surface area (Å²) in [6.45, 7) is 2.52. The molecule has 8 fully saturated rings. The fourth-order valence-corrected chi connectivity index (χ4v) is 10.8. The molecule has 0 aromatic carbocycles. The largest absolute Gasteiger partial charge is 0.444 e. The number of imidazole rings is 2. The predicted octanol–water partition coefficient (Wildman–Crippen LogP) is -1.20. The first-order chi connectivity index (χ1) is 39.5. The fourth-order valence-electron chi connectivity index (χ4n) is 10.8. The summed E-state index contributed by atoms with van der Waals surface area (Å²) in [6, 6.07) is 0.156. The van der Waals surface area contributed by atoms with E-state index in [1.165, 1.54) is 21.8 Å². The number of nitrogens with one attached hydrogen (secondary N) is 3. The molecule has 4 aromatic heterocycles. The van der Waals surface area contributed by atoms with Gasteiger partial charge in [-0.3, -0.25) is 28.3 Å². The maximum Gasteiger partial charge on any atom is 0.410 e. The van der Waals surface area contributed by atoms with Gasteiger partial charge >= 0.3 is 12.2 Å². The minimum absolute atomic E-state index is 0.00221. The summed E-state index contributed by atoms with van der Waals surface area (Å²) in [6.07, 6.45) is 0.300. The lowest BCUT2D eigenvalue weighted by Gasteiger charge is -2.31. The molecule has 11 N–H and O–H groups in total. The molecule has 5 amide bonds. The minimum atomic E-state index is -1.42. The summed E-state index contributed by atoms with van der Waals surface area (Å²) in [5.41, 5.74) is 13.3. The lowest BCUT2D eigenvalue weighted by atomic mass is 9.94. The number of aliphatic hydroxyl groups is 4. The molecule has 5 saturated heterocycles. The molecule has 436 valence electrons. The SMILES string of the molecule is Nc1nc(C#CCC2CCN(C(=O)OC3CCCC3=O)CC2)nc2c1ncn2[C@@H]1O[C@H](C(=O)NC2CC2)[C@H](O)C1O.Nc1nc(C#CCC2CCN(C(=O)OC3CNC(=O)C3)CC2)nc2c1ncn2[C@@H]1O[C@H](C(=O)NC2CC2)[C@H](O)C1O. The second kappa shape index (κ2) is 24.0. The number of aromatic nitrogens is 8. The highest BCUT2D eigenvalue weighted by atomic mass is 16.6. The van der Waals surface area contributed by atoms with E-state index in [0.717, 1.165) is 57.8 Å². The van der Waals surface area contributed by atoms with Gasteiger partial charge in [-0.25, -0.2) is 39.5 Å². The van der Waals surface area contributed by atoms with E-state index in [-0.39, 0.29) is 87.6 Å². The number of fused-ring (bicyclic) bond motifs is 2. The number of piperidine rings is 2. The zero-order chi connectivity index (χ0) is 57.3. The molecule has 9 heterocycles. The number of likely N-dealkylation sites (tertiary alicyclic amines) is 2. The molecule has 3 aliphatic carbocycles. The number of nitrogen functional groups attached to an aromatic ring is 2. The Labute approximate surface area is 468 Å². The average Bonchev–Trinajstić information content (AvgIpc) is 4.33. The summed E-state index contributed by atoms with van der Waals surface area (Å²) in [5, 5.41) is 50.5. The highest BCUT2D eigenvalue weighted by Gasteiger charge is 2.50. The van der Waals surface area contributed by atoms with Crippen LogP contribution in [0.1, 0.15) is 114 Å². The number of carbonyl (C=O) groups excluding carboxylic acids is 6. The Morgan fingerprint density at radius 2 is 1.11 bits per heavy atom. The quantitative estimate of drug-likeness (QED) is 0.0843. The Kier molecular flexibility index (Phi) is 16.4. The zero-order valence-electron chi connectivity index (χ0n) is 44.7. The Bertz CT molecular complexity index is 3240. The number of hydrogen-bond donors (Lipinski definition) is 9. The average molecular weight is 1140 g/mol. The van der Waals surface area contributed by atoms with Crippen molar-refractivity contribution in [2.24, 2.45) is 11.8 Å². The van der Waals surface area contributed by atoms with Crippen LogP contribution in [0.3, 0.4) is 0 Å². The molecule has 29 heteroatoms. The summed E-state index contributed by atoms with van der Waals surface area (Å²) in [7, 11) is 0. The first-order valence-corrected chi connectivity index (χ1v) is 27.9. The lowest BCUT2D eigenvalue weighted by Crippen LogP contribution is -2.43. The van der Waals surface area contributed by atoms with Gasteiger partial charge in [0, 0.05) is 57.5 Å². The van der Waals surface area contributed by atoms with Crippen molar-refractivity contribution in [3.05, 3.63) is 24.3 Å². The van der Waals surface area contributed by atoms with Gasteiger partial charge in [0.15, 0.2) is 59.5 Å². The van der Waals surface area contributed by atoms with Crippen molar-refractivity contribution in [1.82, 2.24) is 64.8 Å². The standard InChI is InChI=1S/C27H33N7O7.C26H32N8O7/c28-23-19-24(34(13-29-19)26-21(37)20(36)22(41-26)25(38)30-15-7-8-15)32-18(31-23)6-1-3-14-9-11-33(12-10-14)27(39)40-17-5-2-4-16(17)35;27-22-18-23(34(12-29-18)25-20(37)19(36)21(41-25)24(38)30-14-4-5-14)32-16(31-22)3-1-2-13-6-8-33(9-7-13)26(39)40-15-10-17(35)28-11-15/h13-15,17,20-22,26,36-37H,2-5,7-12H2,(H,30,38)(H2,28,31,32);12-15,19-21,25,36-37H,2,4-11H2,(H,28,35)(H,30,38)(H2,27,31,32)/t17?,20-,21?,22+,26-;15?,19-,20?,21+,25-/m11/s1. The van der Waals surface area contributed by atoms with E-state index in [9.17, 15) is 49.2 Å². The highest BCUT2D eigenvalue weighted by molar-refractivity contribution is 5.87. The first kappa shape index (κ1) is 56.1. The Morgan fingerprint density at radius 1 is 0.646 bits per heavy atom. The van der Waals surface area contributed by atoms with Crippen LogP contribution in [0.5, 0.6) is 0 Å². The van der Waals surface area contributed by atoms with Gasteiger partial charge in [-0.15, -0.1) is 0 Å². The van der Waals surface area contributed by atoms with Crippen molar-refractivity contribution in [3.8, 4) is 23.7 Å². The van der Waals surface area contributed by atoms with Crippen LogP contribution in [0.4, 0.5) is 21.2 Å². The second-order valence-electron chi connectivity index (χ2n) is 22.1. The van der Waals surface area contributed by atoms with Crippen LogP contribution in [-0.4, -0.2) is 199 Å². The van der Waals surface area contributed by atoms with Gasteiger partial charge in [-0.05, 0) is 87.9 Å². The number of amides is 5. The van der Waals surface area contributed by atoms with Gasteiger partial charge in [0.25, 0.3) is 11.8 Å². The Hall–Kier alpha value is -7.80. The molecule has 3 saturated carbocycles. The first-order valence-electron chi connectivity index (χ1n) is 27.9. The van der Waals surface area contributed by atoms with Crippen molar-refractivity contribution in [3.63, 3.8) is 0 Å². The molecule has 12 rings (SSSR count). The number of hydrogen-bond acceptors (Lipinski definition) is 22. The molecular weight excluding hydrogens is 1070 g/mol. The summed E-state index contributed by atoms with van der Waals surface area (Å²) in [5.74, 6) is 12.1. The van der Waals surface area contributed by atoms with Crippen LogP contribution in [-0.2, 0) is 38.1 Å². The fraction of sp³-hybridized carbons (Fsp3) is 0.623. The van der Waals surface area contributed by atoms with Crippen LogP contribution in [0.2, 0.25) is 0 Å². The molecule has 82 heavy (non-hydrogen) atoms. The van der Waals surface area contributed by atoms with E-state index >= 15 is 0 Å². The normalized spacial score (nSPS) is 28.4. The highest BCUT2D eigenvalue weighted by Crippen LogP contribution is 2.35. The lowest BCUT2D eigenvalue weighted by molar-refractivity contribution is -0.138. The van der Waals surface area contributed by atoms with Crippen LogP contribution < -0.4 is 27.4 Å². The third-order valence-electron chi connectivity index (χ3n) is 15.9. The van der Waals surface area contributed by atoms with Crippen molar-refractivity contribution in [2.45, 2.75) is 163 Å². The summed E-state index contributed by atoms with van der Waals surface area (Å²) >= 11 is 0. The monoisotopic (exact) mass is 1140 g/mol. The van der Waals surface area contributed by atoms with Crippen molar-refractivity contribution < 1.29 is 68.1 Å². The number of rotatable bonds is 10. The molecule has 10 atom stereocenters. The van der Waals surface area contributed by atoms with E-state index in [0.29, 0.717) is 58.4 Å². The minimum Gasteiger partial charge on any atom is -0.444 e. The molecule has 0 bridgehead atoms. The third kappa shape index (κ3) is 12.5. The maximum absolute atomic E-state index is 12.5. The van der Waals surface area contributed by atoms with Gasteiger partial charge < -0.3 is 76.6 Å². The van der Waals surface area contributed by atoms with Crippen LogP contribution in [0.25, 0.3) is 22.3 Å². The number of ether oxygens (including phenoxy) is 4. The van der Waals surface area contributed by atoms with Crippen LogP contribution in [0, 0.1) is 35.5 Å². The van der Waals surface area contributed by atoms with Gasteiger partial charge in [-0.2, -0.15) is 0 Å². The zero-order valence-corrected chi connectivity index (χ0v) is 44.7. The molecular formula is C53H65N15O14. The number of ketones is 1. The van der Waals surface area contributed by atoms with E-state index in [1.54, 1.807) is 9.80 Å². The number of aliphatic hydroxyl groups excluding tert-OH is 4. The van der Waals surface area contributed by atoms with Crippen molar-refractivity contribution in [2.75, 3.05) is 44.2 Å². The maximum atomic E-state index is 12.5. The molecule has 29 nitrogen and oxygen atoms in total. The van der Waals surface area contributed by atoms with Gasteiger partial charge in [-0.1, -0.05) is 11.8 Å². The van der Waals surface area contributed by atoms with Gasteiger partial charge in [0.2, 0.25) is 17.6 Å². The molecule has 0 spiro atoms. The number of carbonyl (C=O) groups is 6. The predicted molar refractivity (Wildman–Crippen MR) is 282 cm³/mol. The Balaban J connectivity index is 0.000000172. The number of anilines is 2. The molecule has 0 radical (unpaired) electrons. The second-order valence-corrected chi connectivity index (χ2v) is 22.1. The molecule has 8 aliphatic rings.